The number of esters is 1. The maximum atomic E-state index is 11.5. The predicted molar refractivity (Wildman–Crippen MR) is 69.1 cm³/mol. The minimum Gasteiger partial charge on any atom is -0.460 e. The van der Waals surface area contributed by atoms with Crippen molar-refractivity contribution in [1.29, 1.82) is 0 Å². The van der Waals surface area contributed by atoms with Crippen LogP contribution < -0.4 is 5.32 Å². The first-order valence-electron chi connectivity index (χ1n) is 6.22. The fourth-order valence-electron chi connectivity index (χ4n) is 1.33. The lowest BCUT2D eigenvalue weighted by Gasteiger charge is -2.19. The first kappa shape index (κ1) is 16.9. The molecule has 1 N–H and O–H groups in total. The second-order valence-corrected chi connectivity index (χ2v) is 5.45. The highest BCUT2D eigenvalue weighted by Gasteiger charge is 2.17. The average Bonchev–Trinajstić information content (AvgIpc) is 2.21. The molecule has 5 nitrogen and oxygen atoms in total. The summed E-state index contributed by atoms with van der Waals surface area (Å²) in [4.78, 5) is 22.8. The van der Waals surface area contributed by atoms with Gasteiger partial charge in [0.1, 0.15) is 5.60 Å². The Morgan fingerprint density at radius 3 is 2.33 bits per heavy atom. The van der Waals surface area contributed by atoms with Crippen LogP contribution in [0.4, 0.5) is 0 Å². The van der Waals surface area contributed by atoms with Gasteiger partial charge < -0.3 is 14.8 Å². The Morgan fingerprint density at radius 2 is 1.83 bits per heavy atom. The Balaban J connectivity index is 3.74. The van der Waals surface area contributed by atoms with Gasteiger partial charge in [-0.1, -0.05) is 6.92 Å². The van der Waals surface area contributed by atoms with Gasteiger partial charge in [0.25, 0.3) is 0 Å². The van der Waals surface area contributed by atoms with E-state index in [1.807, 2.05) is 6.92 Å². The molecule has 1 unspecified atom stereocenters. The van der Waals surface area contributed by atoms with E-state index in [9.17, 15) is 9.59 Å². The van der Waals surface area contributed by atoms with Gasteiger partial charge in [-0.05, 0) is 26.7 Å². The van der Waals surface area contributed by atoms with Gasteiger partial charge in [0.15, 0.2) is 0 Å². The molecule has 0 rings (SSSR count). The zero-order valence-electron chi connectivity index (χ0n) is 12.0. The standard InChI is InChI=1S/C13H25NO4/c1-10(9-17-5)8-14-11(15)6-7-12(16)18-13(2,3)4/h10H,6-9H2,1-5H3,(H,14,15). The number of nitrogens with one attached hydrogen (secondary N) is 1. The highest BCUT2D eigenvalue weighted by atomic mass is 16.6. The van der Waals surface area contributed by atoms with Crippen LogP contribution >= 0.6 is 0 Å². The van der Waals surface area contributed by atoms with Gasteiger partial charge in [-0.15, -0.1) is 0 Å². The fourth-order valence-corrected chi connectivity index (χ4v) is 1.33. The fraction of sp³-hybridized carbons (Fsp3) is 0.846. The van der Waals surface area contributed by atoms with Crippen LogP contribution in [0.3, 0.4) is 0 Å². The van der Waals surface area contributed by atoms with Crippen LogP contribution in [0.15, 0.2) is 0 Å². The Kier molecular flexibility index (Phi) is 7.59. The van der Waals surface area contributed by atoms with E-state index < -0.39 is 5.60 Å². The van der Waals surface area contributed by atoms with E-state index in [0.717, 1.165) is 0 Å². The number of amides is 1. The van der Waals surface area contributed by atoms with E-state index in [4.69, 9.17) is 9.47 Å². The van der Waals surface area contributed by atoms with Crippen molar-refractivity contribution in [3.63, 3.8) is 0 Å². The van der Waals surface area contributed by atoms with Crippen molar-refractivity contribution in [2.45, 2.75) is 46.1 Å². The molecule has 0 aliphatic heterocycles. The maximum absolute atomic E-state index is 11.5. The molecule has 0 aromatic heterocycles. The first-order chi connectivity index (χ1) is 8.24. The predicted octanol–water partition coefficient (Wildman–Crippen LogP) is 1.51. The van der Waals surface area contributed by atoms with E-state index in [0.29, 0.717) is 13.2 Å². The monoisotopic (exact) mass is 259 g/mol. The smallest absolute Gasteiger partial charge is 0.306 e. The number of methoxy groups -OCH3 is 1. The molecule has 0 saturated carbocycles. The van der Waals surface area contributed by atoms with Crippen LogP contribution in [0.25, 0.3) is 0 Å². The summed E-state index contributed by atoms with van der Waals surface area (Å²) in [6.07, 6.45) is 0.274. The molecule has 0 aromatic carbocycles. The molecule has 0 aliphatic rings. The van der Waals surface area contributed by atoms with Crippen molar-refractivity contribution in [3.05, 3.63) is 0 Å². The molecular formula is C13H25NO4. The van der Waals surface area contributed by atoms with Crippen molar-refractivity contribution >= 4 is 11.9 Å². The van der Waals surface area contributed by atoms with E-state index in [-0.39, 0.29) is 30.6 Å². The molecule has 0 heterocycles. The van der Waals surface area contributed by atoms with Crippen molar-refractivity contribution in [2.75, 3.05) is 20.3 Å². The average molecular weight is 259 g/mol. The van der Waals surface area contributed by atoms with Crippen LogP contribution in [0.2, 0.25) is 0 Å². The van der Waals surface area contributed by atoms with Crippen molar-refractivity contribution in [1.82, 2.24) is 5.32 Å². The summed E-state index contributed by atoms with van der Waals surface area (Å²) in [7, 11) is 1.63. The molecule has 1 amide bonds. The molecule has 1 atom stereocenters. The minimum absolute atomic E-state index is 0.113. The summed E-state index contributed by atoms with van der Waals surface area (Å²) in [5, 5.41) is 2.76. The summed E-state index contributed by atoms with van der Waals surface area (Å²) in [5.74, 6) is -0.216. The minimum atomic E-state index is -0.499. The maximum Gasteiger partial charge on any atom is 0.306 e. The van der Waals surface area contributed by atoms with Crippen LogP contribution in [0, 0.1) is 5.92 Å². The van der Waals surface area contributed by atoms with Gasteiger partial charge in [0.2, 0.25) is 5.91 Å². The quantitative estimate of drug-likeness (QED) is 0.704. The van der Waals surface area contributed by atoms with Gasteiger partial charge in [0.05, 0.1) is 13.0 Å². The van der Waals surface area contributed by atoms with Gasteiger partial charge in [0, 0.05) is 20.1 Å². The summed E-state index contributed by atoms with van der Waals surface area (Å²) >= 11 is 0. The van der Waals surface area contributed by atoms with E-state index in [1.165, 1.54) is 0 Å². The van der Waals surface area contributed by atoms with Crippen molar-refractivity contribution < 1.29 is 19.1 Å². The molecule has 0 spiro atoms. The number of hydrogen-bond acceptors (Lipinski definition) is 4. The summed E-state index contributed by atoms with van der Waals surface area (Å²) in [5.41, 5.74) is -0.499. The molecule has 0 radical (unpaired) electrons. The molecule has 18 heavy (non-hydrogen) atoms. The van der Waals surface area contributed by atoms with Crippen LogP contribution in [0.1, 0.15) is 40.5 Å². The Labute approximate surface area is 109 Å². The third kappa shape index (κ3) is 10.1. The molecule has 106 valence electrons. The number of rotatable bonds is 7. The van der Waals surface area contributed by atoms with Crippen molar-refractivity contribution in [3.8, 4) is 0 Å². The van der Waals surface area contributed by atoms with Crippen LogP contribution in [-0.2, 0) is 19.1 Å². The lowest BCUT2D eigenvalue weighted by molar-refractivity contribution is -0.155. The second kappa shape index (κ2) is 8.08. The SMILES string of the molecule is COCC(C)CNC(=O)CCC(=O)OC(C)(C)C. The topological polar surface area (TPSA) is 64.6 Å². The number of hydrogen-bond donors (Lipinski definition) is 1. The largest absolute Gasteiger partial charge is 0.460 e. The Bertz CT molecular complexity index is 271. The Morgan fingerprint density at radius 1 is 1.22 bits per heavy atom. The highest BCUT2D eigenvalue weighted by molar-refractivity contribution is 5.81. The number of carbonyl (C=O) groups excluding carboxylic acids is 2. The molecule has 0 aromatic rings. The van der Waals surface area contributed by atoms with Crippen molar-refractivity contribution in [2.24, 2.45) is 5.92 Å². The zero-order valence-corrected chi connectivity index (χ0v) is 12.0. The summed E-state index contributed by atoms with van der Waals surface area (Å²) in [6.45, 7) is 8.55. The van der Waals surface area contributed by atoms with E-state index in [2.05, 4.69) is 5.32 Å². The molecular weight excluding hydrogens is 234 g/mol. The lowest BCUT2D eigenvalue weighted by Crippen LogP contribution is -2.31. The van der Waals surface area contributed by atoms with Gasteiger partial charge in [-0.3, -0.25) is 9.59 Å². The van der Waals surface area contributed by atoms with E-state index in [1.54, 1.807) is 27.9 Å². The first-order valence-corrected chi connectivity index (χ1v) is 6.22. The molecule has 0 bridgehead atoms. The third-order valence-electron chi connectivity index (χ3n) is 2.08. The summed E-state index contributed by atoms with van der Waals surface area (Å²) < 4.78 is 10.1. The third-order valence-corrected chi connectivity index (χ3v) is 2.08. The number of ether oxygens (including phenoxy) is 2. The summed E-state index contributed by atoms with van der Waals surface area (Å²) in [6, 6.07) is 0. The van der Waals surface area contributed by atoms with Crippen LogP contribution in [0.5, 0.6) is 0 Å². The lowest BCUT2D eigenvalue weighted by atomic mass is 10.2. The van der Waals surface area contributed by atoms with Gasteiger partial charge in [-0.25, -0.2) is 0 Å². The molecule has 0 fully saturated rings. The number of carbonyl (C=O) groups is 2. The Hall–Kier alpha value is -1.10. The zero-order chi connectivity index (χ0) is 14.2. The molecule has 5 heteroatoms. The normalized spacial score (nSPS) is 12.9. The highest BCUT2D eigenvalue weighted by Crippen LogP contribution is 2.09. The second-order valence-electron chi connectivity index (χ2n) is 5.45. The van der Waals surface area contributed by atoms with Crippen LogP contribution in [-0.4, -0.2) is 37.7 Å². The van der Waals surface area contributed by atoms with E-state index >= 15 is 0 Å². The molecule has 0 saturated heterocycles. The molecule has 0 aliphatic carbocycles. The van der Waals surface area contributed by atoms with Gasteiger partial charge >= 0.3 is 5.97 Å². The van der Waals surface area contributed by atoms with Gasteiger partial charge in [-0.2, -0.15) is 0 Å².